The number of carbonyl (C=O) groups is 1. The molecule has 3 aromatic heterocycles. The normalized spacial score (nSPS) is 11.4. The van der Waals surface area contributed by atoms with Gasteiger partial charge in [0.05, 0.1) is 43.9 Å². The predicted octanol–water partition coefficient (Wildman–Crippen LogP) is 4.21. The minimum Gasteiger partial charge on any atom is -0.481 e. The second-order valence-electron chi connectivity index (χ2n) is 7.90. The van der Waals surface area contributed by atoms with Gasteiger partial charge in [-0.25, -0.2) is 24.3 Å². The Bertz CT molecular complexity index is 1390. The van der Waals surface area contributed by atoms with Crippen molar-refractivity contribution in [3.8, 4) is 17.0 Å². The SMILES string of the molecule is COc1ncc(NC(=O)Cc2ccc(-c3cnc(Cc4cn(C)cn4)nc3)cc2F)cc1C(F)(F)F. The second kappa shape index (κ2) is 10.1. The Morgan fingerprint density at radius 3 is 2.42 bits per heavy atom. The Morgan fingerprint density at radius 2 is 1.81 bits per heavy atom. The van der Waals surface area contributed by atoms with Crippen LogP contribution in [-0.2, 0) is 30.9 Å². The largest absolute Gasteiger partial charge is 0.481 e. The quantitative estimate of drug-likeness (QED) is 0.382. The van der Waals surface area contributed by atoms with Crippen molar-refractivity contribution in [2.24, 2.45) is 7.05 Å². The molecule has 0 aliphatic carbocycles. The van der Waals surface area contributed by atoms with Crippen LogP contribution in [0.1, 0.15) is 22.6 Å². The smallest absolute Gasteiger partial charge is 0.421 e. The fourth-order valence-corrected chi connectivity index (χ4v) is 3.45. The van der Waals surface area contributed by atoms with E-state index in [0.29, 0.717) is 29.4 Å². The van der Waals surface area contributed by atoms with Gasteiger partial charge < -0.3 is 14.6 Å². The Morgan fingerprint density at radius 1 is 1.06 bits per heavy atom. The summed E-state index contributed by atoms with van der Waals surface area (Å²) in [5.74, 6) is -1.41. The molecule has 0 radical (unpaired) electrons. The first-order valence-electron chi connectivity index (χ1n) is 10.6. The van der Waals surface area contributed by atoms with E-state index in [4.69, 9.17) is 0 Å². The molecule has 0 aliphatic rings. The van der Waals surface area contributed by atoms with E-state index < -0.39 is 29.3 Å². The number of carbonyl (C=O) groups excluding carboxylic acids is 1. The molecule has 0 saturated heterocycles. The van der Waals surface area contributed by atoms with Crippen molar-refractivity contribution in [1.29, 1.82) is 0 Å². The van der Waals surface area contributed by atoms with Crippen LogP contribution in [0.2, 0.25) is 0 Å². The number of aryl methyl sites for hydroxylation is 1. The van der Waals surface area contributed by atoms with Gasteiger partial charge in [-0.2, -0.15) is 13.2 Å². The van der Waals surface area contributed by atoms with Crippen LogP contribution in [0.4, 0.5) is 23.2 Å². The van der Waals surface area contributed by atoms with Crippen molar-refractivity contribution >= 4 is 11.6 Å². The van der Waals surface area contributed by atoms with Crippen molar-refractivity contribution in [2.45, 2.75) is 19.0 Å². The molecule has 0 bridgehead atoms. The van der Waals surface area contributed by atoms with Gasteiger partial charge in [0.1, 0.15) is 17.2 Å². The zero-order chi connectivity index (χ0) is 25.9. The van der Waals surface area contributed by atoms with E-state index in [9.17, 15) is 22.4 Å². The topological polar surface area (TPSA) is 94.8 Å². The number of halogens is 4. The number of nitrogens with zero attached hydrogens (tertiary/aromatic N) is 5. The van der Waals surface area contributed by atoms with Crippen molar-refractivity contribution in [3.63, 3.8) is 0 Å². The molecule has 36 heavy (non-hydrogen) atoms. The molecule has 4 aromatic rings. The third kappa shape index (κ3) is 5.82. The highest BCUT2D eigenvalue weighted by molar-refractivity contribution is 5.92. The number of benzene rings is 1. The number of hydrogen-bond donors (Lipinski definition) is 1. The zero-order valence-corrected chi connectivity index (χ0v) is 19.2. The highest BCUT2D eigenvalue weighted by atomic mass is 19.4. The molecule has 186 valence electrons. The van der Waals surface area contributed by atoms with Crippen LogP contribution in [0.3, 0.4) is 0 Å². The molecule has 0 fully saturated rings. The summed E-state index contributed by atoms with van der Waals surface area (Å²) in [7, 11) is 2.92. The molecular formula is C24H20F4N6O2. The maximum atomic E-state index is 14.7. The molecule has 3 heterocycles. The average molecular weight is 500 g/mol. The van der Waals surface area contributed by atoms with E-state index in [1.54, 1.807) is 24.8 Å². The molecule has 8 nitrogen and oxygen atoms in total. The molecule has 12 heteroatoms. The van der Waals surface area contributed by atoms with E-state index >= 15 is 0 Å². The Balaban J connectivity index is 1.43. The van der Waals surface area contributed by atoms with E-state index in [0.717, 1.165) is 19.0 Å². The van der Waals surface area contributed by atoms with Crippen molar-refractivity contribution in [2.75, 3.05) is 12.4 Å². The van der Waals surface area contributed by atoms with Gasteiger partial charge in [0, 0.05) is 31.2 Å². The van der Waals surface area contributed by atoms with Crippen molar-refractivity contribution in [3.05, 3.63) is 83.8 Å². The average Bonchev–Trinajstić information content (AvgIpc) is 3.24. The lowest BCUT2D eigenvalue weighted by atomic mass is 10.0. The molecule has 0 spiro atoms. The zero-order valence-electron chi connectivity index (χ0n) is 19.2. The molecular weight excluding hydrogens is 480 g/mol. The minimum absolute atomic E-state index is 0.0708. The summed E-state index contributed by atoms with van der Waals surface area (Å²) in [6.07, 6.45) is 3.06. The van der Waals surface area contributed by atoms with Gasteiger partial charge >= 0.3 is 6.18 Å². The lowest BCUT2D eigenvalue weighted by Crippen LogP contribution is -2.17. The molecule has 1 amide bonds. The summed E-state index contributed by atoms with van der Waals surface area (Å²) in [5, 5.41) is 2.31. The van der Waals surface area contributed by atoms with Gasteiger partial charge in [-0.1, -0.05) is 12.1 Å². The number of imidazole rings is 1. The summed E-state index contributed by atoms with van der Waals surface area (Å²) in [4.78, 5) is 28.7. The summed E-state index contributed by atoms with van der Waals surface area (Å²) >= 11 is 0. The summed E-state index contributed by atoms with van der Waals surface area (Å²) in [6.45, 7) is 0. The van der Waals surface area contributed by atoms with Gasteiger partial charge in [-0.05, 0) is 23.3 Å². The van der Waals surface area contributed by atoms with Crippen molar-refractivity contribution < 1.29 is 27.1 Å². The molecule has 0 atom stereocenters. The molecule has 0 saturated carbocycles. The first-order valence-corrected chi connectivity index (χ1v) is 10.6. The maximum Gasteiger partial charge on any atom is 0.421 e. The molecule has 0 unspecified atom stereocenters. The number of pyridine rings is 1. The number of anilines is 1. The van der Waals surface area contributed by atoms with Crippen LogP contribution in [0.25, 0.3) is 11.1 Å². The molecule has 1 N–H and O–H groups in total. The van der Waals surface area contributed by atoms with Crippen LogP contribution in [-0.4, -0.2) is 37.5 Å². The van der Waals surface area contributed by atoms with Crippen LogP contribution >= 0.6 is 0 Å². The van der Waals surface area contributed by atoms with Crippen LogP contribution in [0.5, 0.6) is 5.88 Å². The summed E-state index contributed by atoms with van der Waals surface area (Å²) < 4.78 is 60.6. The van der Waals surface area contributed by atoms with Gasteiger partial charge in [0.25, 0.3) is 0 Å². The number of nitrogens with one attached hydrogen (secondary N) is 1. The van der Waals surface area contributed by atoms with E-state index in [1.807, 2.05) is 17.8 Å². The monoisotopic (exact) mass is 500 g/mol. The molecule has 1 aromatic carbocycles. The number of methoxy groups -OCH3 is 1. The molecule has 4 rings (SSSR count). The maximum absolute atomic E-state index is 14.7. The van der Waals surface area contributed by atoms with Gasteiger partial charge in [-0.3, -0.25) is 4.79 Å². The first kappa shape index (κ1) is 24.8. The number of rotatable bonds is 7. The van der Waals surface area contributed by atoms with E-state index in [2.05, 4.69) is 30.0 Å². The Kier molecular flexibility index (Phi) is 6.95. The van der Waals surface area contributed by atoms with Gasteiger partial charge in [-0.15, -0.1) is 0 Å². The second-order valence-corrected chi connectivity index (χ2v) is 7.90. The fraction of sp³-hybridized carbons (Fsp3) is 0.208. The minimum atomic E-state index is -4.72. The highest BCUT2D eigenvalue weighted by Gasteiger charge is 2.35. The Labute approximate surface area is 203 Å². The fourth-order valence-electron chi connectivity index (χ4n) is 3.45. The number of amides is 1. The van der Waals surface area contributed by atoms with Gasteiger partial charge in [0.15, 0.2) is 0 Å². The number of aromatic nitrogens is 5. The number of alkyl halides is 3. The Hall–Kier alpha value is -4.35. The lowest BCUT2D eigenvalue weighted by molar-refractivity contribution is -0.139. The highest BCUT2D eigenvalue weighted by Crippen LogP contribution is 2.36. The van der Waals surface area contributed by atoms with Crippen LogP contribution in [0, 0.1) is 5.82 Å². The third-order valence-electron chi connectivity index (χ3n) is 5.17. The molecule has 0 aliphatic heterocycles. The van der Waals surface area contributed by atoms with Crippen LogP contribution < -0.4 is 10.1 Å². The number of hydrogen-bond acceptors (Lipinski definition) is 6. The van der Waals surface area contributed by atoms with Gasteiger partial charge in [0.2, 0.25) is 11.8 Å². The van der Waals surface area contributed by atoms with Crippen molar-refractivity contribution in [1.82, 2.24) is 24.5 Å². The number of ether oxygens (including phenoxy) is 1. The summed E-state index contributed by atoms with van der Waals surface area (Å²) in [5.41, 5.74) is 0.661. The van der Waals surface area contributed by atoms with E-state index in [-0.39, 0.29) is 17.7 Å². The van der Waals surface area contributed by atoms with E-state index in [1.165, 1.54) is 12.1 Å². The first-order chi connectivity index (χ1) is 17.1. The summed E-state index contributed by atoms with van der Waals surface area (Å²) in [6, 6.07) is 5.00. The van der Waals surface area contributed by atoms with Crippen LogP contribution in [0.15, 0.2) is 55.4 Å². The standard InChI is InChI=1S/C24H20F4N6O2/c1-34-12-18(32-13-34)8-21-29-9-16(10-30-21)14-3-4-15(20(25)5-14)6-22(35)33-17-7-19(24(26,27)28)23(36-2)31-11-17/h3-5,7,9-13H,6,8H2,1-2H3,(H,33,35). The predicted molar refractivity (Wildman–Crippen MR) is 122 cm³/mol. The third-order valence-corrected chi connectivity index (χ3v) is 5.17. The lowest BCUT2D eigenvalue weighted by Gasteiger charge is -2.13.